The first-order valence-electron chi connectivity index (χ1n) is 6.59. The number of carbonyl (C=O) groups is 1. The zero-order chi connectivity index (χ0) is 14.3. The van der Waals surface area contributed by atoms with Crippen molar-refractivity contribution >= 4 is 17.7 Å². The van der Waals surface area contributed by atoms with Gasteiger partial charge in [0.15, 0.2) is 0 Å². The molecule has 2 unspecified atom stereocenters. The average molecular weight is 281 g/mol. The second-order valence-electron chi connectivity index (χ2n) is 4.67. The van der Waals surface area contributed by atoms with Gasteiger partial charge in [0.05, 0.1) is 7.11 Å². The molecule has 0 spiro atoms. The molecule has 0 saturated carbocycles. The van der Waals surface area contributed by atoms with Crippen molar-refractivity contribution in [2.75, 3.05) is 12.9 Å². The monoisotopic (exact) mass is 281 g/mol. The summed E-state index contributed by atoms with van der Waals surface area (Å²) in [5.41, 5.74) is 6.08. The van der Waals surface area contributed by atoms with E-state index in [4.69, 9.17) is 10.5 Å². The molecule has 0 aromatic heterocycles. The second kappa shape index (κ2) is 7.56. The molecule has 2 N–H and O–H groups in total. The molecule has 1 aromatic carbocycles. The van der Waals surface area contributed by atoms with Crippen LogP contribution in [0.4, 0.5) is 0 Å². The minimum Gasteiger partial charge on any atom is -0.467 e. The van der Waals surface area contributed by atoms with Gasteiger partial charge in [-0.3, -0.25) is 0 Å². The molecule has 1 aromatic rings. The average Bonchev–Trinajstić information content (AvgIpc) is 2.46. The van der Waals surface area contributed by atoms with Crippen LogP contribution < -0.4 is 5.73 Å². The van der Waals surface area contributed by atoms with Gasteiger partial charge in [-0.1, -0.05) is 44.2 Å². The number of rotatable bonds is 7. The smallest absolute Gasteiger partial charge is 0.330 e. The predicted octanol–water partition coefficient (Wildman–Crippen LogP) is 2.94. The van der Waals surface area contributed by atoms with Crippen LogP contribution in [0.15, 0.2) is 30.3 Å². The van der Waals surface area contributed by atoms with Crippen molar-refractivity contribution in [3.63, 3.8) is 0 Å². The fourth-order valence-electron chi connectivity index (χ4n) is 1.82. The van der Waals surface area contributed by atoms with E-state index in [1.165, 1.54) is 7.11 Å². The molecule has 2 atom stereocenters. The van der Waals surface area contributed by atoms with Crippen LogP contribution in [0, 0.1) is 0 Å². The number of hydrogen-bond acceptors (Lipinski definition) is 4. The quantitative estimate of drug-likeness (QED) is 0.781. The van der Waals surface area contributed by atoms with Gasteiger partial charge in [0.2, 0.25) is 0 Å². The zero-order valence-corrected chi connectivity index (χ0v) is 12.7. The third-order valence-electron chi connectivity index (χ3n) is 3.31. The van der Waals surface area contributed by atoms with Gasteiger partial charge in [-0.05, 0) is 24.2 Å². The number of nitrogens with two attached hydrogens (primary N) is 1. The maximum atomic E-state index is 12.0. The molecule has 0 radical (unpaired) electrons. The van der Waals surface area contributed by atoms with Gasteiger partial charge in [0, 0.05) is 5.25 Å². The van der Waals surface area contributed by atoms with Crippen molar-refractivity contribution in [1.82, 2.24) is 0 Å². The SMILES string of the molecule is CCC(C)SCCC(N)(C(=O)OC)c1ccccc1. The summed E-state index contributed by atoms with van der Waals surface area (Å²) >= 11 is 1.84. The topological polar surface area (TPSA) is 52.3 Å². The molecule has 0 fully saturated rings. The molecule has 4 heteroatoms. The van der Waals surface area contributed by atoms with Gasteiger partial charge in [0.1, 0.15) is 5.54 Å². The second-order valence-corrected chi connectivity index (χ2v) is 6.21. The Morgan fingerprint density at radius 1 is 1.42 bits per heavy atom. The molecular weight excluding hydrogens is 258 g/mol. The Labute approximate surface area is 119 Å². The van der Waals surface area contributed by atoms with E-state index in [0.717, 1.165) is 17.7 Å². The molecule has 1 rings (SSSR count). The summed E-state index contributed by atoms with van der Waals surface area (Å²) < 4.78 is 4.88. The van der Waals surface area contributed by atoms with E-state index in [1.807, 2.05) is 42.1 Å². The maximum absolute atomic E-state index is 12.0. The molecular formula is C15H23NO2S. The van der Waals surface area contributed by atoms with Crippen molar-refractivity contribution in [2.45, 2.75) is 37.5 Å². The molecule has 0 aliphatic heterocycles. The highest BCUT2D eigenvalue weighted by Gasteiger charge is 2.36. The number of methoxy groups -OCH3 is 1. The van der Waals surface area contributed by atoms with Crippen LogP contribution in [0.3, 0.4) is 0 Å². The van der Waals surface area contributed by atoms with E-state index in [-0.39, 0.29) is 5.97 Å². The van der Waals surface area contributed by atoms with Gasteiger partial charge in [-0.2, -0.15) is 11.8 Å². The lowest BCUT2D eigenvalue weighted by molar-refractivity contribution is -0.147. The minimum atomic E-state index is -1.05. The molecule has 0 aliphatic carbocycles. The highest BCUT2D eigenvalue weighted by atomic mass is 32.2. The van der Waals surface area contributed by atoms with Crippen molar-refractivity contribution in [1.29, 1.82) is 0 Å². The van der Waals surface area contributed by atoms with E-state index < -0.39 is 5.54 Å². The van der Waals surface area contributed by atoms with Gasteiger partial charge < -0.3 is 10.5 Å². The van der Waals surface area contributed by atoms with Crippen LogP contribution in [-0.4, -0.2) is 24.1 Å². The van der Waals surface area contributed by atoms with E-state index in [0.29, 0.717) is 11.7 Å². The summed E-state index contributed by atoms with van der Waals surface area (Å²) in [6.45, 7) is 4.34. The summed E-state index contributed by atoms with van der Waals surface area (Å²) in [7, 11) is 1.38. The van der Waals surface area contributed by atoms with Crippen molar-refractivity contribution in [2.24, 2.45) is 5.73 Å². The van der Waals surface area contributed by atoms with Gasteiger partial charge >= 0.3 is 5.97 Å². The normalized spacial score (nSPS) is 15.6. The zero-order valence-electron chi connectivity index (χ0n) is 11.9. The Balaban J connectivity index is 2.80. The standard InChI is InChI=1S/C15H23NO2S/c1-4-12(2)19-11-10-15(16,14(17)18-3)13-8-6-5-7-9-13/h5-9,12H,4,10-11,16H2,1-3H3. The summed E-state index contributed by atoms with van der Waals surface area (Å²) in [4.78, 5) is 12.0. The summed E-state index contributed by atoms with van der Waals surface area (Å²) in [5, 5.41) is 0.581. The maximum Gasteiger partial charge on any atom is 0.330 e. The van der Waals surface area contributed by atoms with E-state index in [1.54, 1.807) is 0 Å². The summed E-state index contributed by atoms with van der Waals surface area (Å²) in [6.07, 6.45) is 1.70. The first-order chi connectivity index (χ1) is 9.04. The van der Waals surface area contributed by atoms with Crippen LogP contribution in [0.1, 0.15) is 32.3 Å². The Hall–Kier alpha value is -1.00. The van der Waals surface area contributed by atoms with Gasteiger partial charge in [0.25, 0.3) is 0 Å². The molecule has 0 bridgehead atoms. The van der Waals surface area contributed by atoms with E-state index in [9.17, 15) is 4.79 Å². The molecule has 106 valence electrons. The Bertz CT molecular complexity index is 396. The molecule has 0 amide bonds. The summed E-state index contributed by atoms with van der Waals surface area (Å²) in [6, 6.07) is 9.45. The lowest BCUT2D eigenvalue weighted by Gasteiger charge is -2.27. The van der Waals surface area contributed by atoms with Gasteiger partial charge in [-0.25, -0.2) is 4.79 Å². The summed E-state index contributed by atoms with van der Waals surface area (Å²) in [5.74, 6) is 0.471. The lowest BCUT2D eigenvalue weighted by atomic mass is 9.88. The van der Waals surface area contributed by atoms with Crippen molar-refractivity contribution in [3.05, 3.63) is 35.9 Å². The first kappa shape index (κ1) is 16.1. The third kappa shape index (κ3) is 4.25. The molecule has 3 nitrogen and oxygen atoms in total. The van der Waals surface area contributed by atoms with Crippen LogP contribution in [0.2, 0.25) is 0 Å². The lowest BCUT2D eigenvalue weighted by Crippen LogP contribution is -2.46. The number of hydrogen-bond donors (Lipinski definition) is 1. The van der Waals surface area contributed by atoms with Crippen LogP contribution >= 0.6 is 11.8 Å². The number of benzene rings is 1. The van der Waals surface area contributed by atoms with Crippen LogP contribution in [0.5, 0.6) is 0 Å². The van der Waals surface area contributed by atoms with E-state index in [2.05, 4.69) is 13.8 Å². The first-order valence-corrected chi connectivity index (χ1v) is 7.64. The number of esters is 1. The van der Waals surface area contributed by atoms with Crippen LogP contribution in [-0.2, 0) is 15.1 Å². The number of carbonyl (C=O) groups excluding carboxylic acids is 1. The van der Waals surface area contributed by atoms with Crippen molar-refractivity contribution in [3.8, 4) is 0 Å². The van der Waals surface area contributed by atoms with Crippen LogP contribution in [0.25, 0.3) is 0 Å². The predicted molar refractivity (Wildman–Crippen MR) is 81.2 cm³/mol. The fourth-order valence-corrected chi connectivity index (χ4v) is 2.90. The Kier molecular flexibility index (Phi) is 6.38. The highest BCUT2D eigenvalue weighted by Crippen LogP contribution is 2.27. The Morgan fingerprint density at radius 3 is 2.58 bits per heavy atom. The largest absolute Gasteiger partial charge is 0.467 e. The number of thioether (sulfide) groups is 1. The number of ether oxygens (including phenoxy) is 1. The fraction of sp³-hybridized carbons (Fsp3) is 0.533. The highest BCUT2D eigenvalue weighted by molar-refractivity contribution is 7.99. The van der Waals surface area contributed by atoms with Gasteiger partial charge in [-0.15, -0.1) is 0 Å². The molecule has 0 heterocycles. The Morgan fingerprint density at radius 2 is 2.05 bits per heavy atom. The van der Waals surface area contributed by atoms with Crippen molar-refractivity contribution < 1.29 is 9.53 Å². The molecule has 0 saturated heterocycles. The molecule has 19 heavy (non-hydrogen) atoms. The minimum absolute atomic E-state index is 0.372. The molecule has 0 aliphatic rings. The third-order valence-corrected chi connectivity index (χ3v) is 4.65. The van der Waals surface area contributed by atoms with E-state index >= 15 is 0 Å².